The molecule has 4 aromatic rings. The van der Waals surface area contributed by atoms with Crippen LogP contribution < -0.4 is 11.2 Å². The third-order valence-electron chi connectivity index (χ3n) is 6.61. The molecule has 216 valence electrons. The van der Waals surface area contributed by atoms with Crippen LogP contribution in [0.1, 0.15) is 32.5 Å². The second-order valence-corrected chi connectivity index (χ2v) is 9.44. The van der Waals surface area contributed by atoms with E-state index in [1.54, 1.807) is 48.5 Å². The molecule has 1 aliphatic rings. The SMILES string of the molecule is O=C(OC[C@H]1O[C@H](n2ccc(=O)n(COCc3ccccc3)c2=O)[C@H](F)[C@@H]1OC(=O)c1ccccc1)c1ccccc1. The molecule has 1 aromatic heterocycles. The van der Waals surface area contributed by atoms with Gasteiger partial charge in [-0.1, -0.05) is 66.7 Å². The molecule has 11 heteroatoms. The summed E-state index contributed by atoms with van der Waals surface area (Å²) in [5.74, 6) is -1.51. The fourth-order valence-corrected chi connectivity index (χ4v) is 4.45. The molecule has 2 heterocycles. The number of esters is 2. The highest BCUT2D eigenvalue weighted by Gasteiger charge is 2.49. The molecule has 0 spiro atoms. The monoisotopic (exact) mass is 574 g/mol. The Morgan fingerprint density at radius 1 is 0.810 bits per heavy atom. The van der Waals surface area contributed by atoms with Gasteiger partial charge in [-0.05, 0) is 29.8 Å². The van der Waals surface area contributed by atoms with Crippen LogP contribution in [0.3, 0.4) is 0 Å². The second kappa shape index (κ2) is 13.2. The molecule has 0 bridgehead atoms. The van der Waals surface area contributed by atoms with E-state index in [-0.39, 0.29) is 24.5 Å². The van der Waals surface area contributed by atoms with Crippen LogP contribution in [0, 0.1) is 0 Å². The zero-order valence-corrected chi connectivity index (χ0v) is 22.3. The molecule has 0 radical (unpaired) electrons. The first-order valence-electron chi connectivity index (χ1n) is 13.1. The maximum Gasteiger partial charge on any atom is 0.338 e. The predicted octanol–water partition coefficient (Wildman–Crippen LogP) is 3.50. The topological polar surface area (TPSA) is 115 Å². The molecule has 0 unspecified atom stereocenters. The van der Waals surface area contributed by atoms with Crippen LogP contribution in [-0.2, 0) is 32.3 Å². The van der Waals surface area contributed by atoms with Crippen molar-refractivity contribution in [2.45, 2.75) is 37.9 Å². The van der Waals surface area contributed by atoms with Crippen molar-refractivity contribution in [2.75, 3.05) is 6.61 Å². The highest BCUT2D eigenvalue weighted by atomic mass is 19.1. The number of hydrogen-bond donors (Lipinski definition) is 0. The molecular formula is C31H27FN2O8. The summed E-state index contributed by atoms with van der Waals surface area (Å²) < 4.78 is 39.9. The van der Waals surface area contributed by atoms with E-state index in [0.29, 0.717) is 0 Å². The van der Waals surface area contributed by atoms with Crippen molar-refractivity contribution < 1.29 is 32.9 Å². The van der Waals surface area contributed by atoms with Gasteiger partial charge in [0.25, 0.3) is 5.56 Å². The molecule has 4 atom stereocenters. The fourth-order valence-electron chi connectivity index (χ4n) is 4.45. The third kappa shape index (κ3) is 6.54. The number of aromatic nitrogens is 2. The zero-order chi connectivity index (χ0) is 29.5. The minimum Gasteiger partial charge on any atom is -0.459 e. The van der Waals surface area contributed by atoms with E-state index >= 15 is 4.39 Å². The van der Waals surface area contributed by atoms with Gasteiger partial charge in [-0.3, -0.25) is 9.36 Å². The van der Waals surface area contributed by atoms with Crippen molar-refractivity contribution in [1.82, 2.24) is 9.13 Å². The molecule has 42 heavy (non-hydrogen) atoms. The van der Waals surface area contributed by atoms with Crippen molar-refractivity contribution in [3.8, 4) is 0 Å². The van der Waals surface area contributed by atoms with Crippen LogP contribution in [0.5, 0.6) is 0 Å². The first kappa shape index (κ1) is 28.7. The van der Waals surface area contributed by atoms with Crippen molar-refractivity contribution in [2.24, 2.45) is 0 Å². The summed E-state index contributed by atoms with van der Waals surface area (Å²) in [6, 6.07) is 26.3. The molecular weight excluding hydrogens is 547 g/mol. The van der Waals surface area contributed by atoms with Gasteiger partial charge < -0.3 is 18.9 Å². The number of halogens is 1. The first-order valence-corrected chi connectivity index (χ1v) is 13.1. The fraction of sp³-hybridized carbons (Fsp3) is 0.226. The Hall–Kier alpha value is -4.87. The van der Waals surface area contributed by atoms with Gasteiger partial charge in [-0.15, -0.1) is 0 Å². The maximum absolute atomic E-state index is 16.0. The molecule has 0 aliphatic carbocycles. The van der Waals surface area contributed by atoms with Crippen molar-refractivity contribution in [3.05, 3.63) is 141 Å². The quantitative estimate of drug-likeness (QED) is 0.265. The maximum atomic E-state index is 16.0. The number of hydrogen-bond acceptors (Lipinski definition) is 8. The Balaban J connectivity index is 1.36. The number of carbonyl (C=O) groups is 2. The van der Waals surface area contributed by atoms with Gasteiger partial charge in [0.15, 0.2) is 18.5 Å². The van der Waals surface area contributed by atoms with Crippen molar-refractivity contribution >= 4 is 11.9 Å². The summed E-state index contributed by atoms with van der Waals surface area (Å²) in [6.45, 7) is -0.715. The first-order chi connectivity index (χ1) is 20.4. The summed E-state index contributed by atoms with van der Waals surface area (Å²) in [4.78, 5) is 51.1. The van der Waals surface area contributed by atoms with E-state index in [1.165, 1.54) is 12.1 Å². The Bertz CT molecular complexity index is 1630. The van der Waals surface area contributed by atoms with Crippen LogP contribution in [0.15, 0.2) is 113 Å². The third-order valence-corrected chi connectivity index (χ3v) is 6.61. The minimum absolute atomic E-state index is 0.139. The van der Waals surface area contributed by atoms with E-state index in [1.807, 2.05) is 30.3 Å². The average Bonchev–Trinajstić information content (AvgIpc) is 3.33. The van der Waals surface area contributed by atoms with Crippen LogP contribution in [-0.4, -0.2) is 46.1 Å². The average molecular weight is 575 g/mol. The lowest BCUT2D eigenvalue weighted by Crippen LogP contribution is -2.43. The van der Waals surface area contributed by atoms with Crippen molar-refractivity contribution in [3.63, 3.8) is 0 Å². The van der Waals surface area contributed by atoms with Crippen LogP contribution >= 0.6 is 0 Å². The Morgan fingerprint density at radius 2 is 1.40 bits per heavy atom. The molecule has 0 amide bonds. The summed E-state index contributed by atoms with van der Waals surface area (Å²) in [5.41, 5.74) is -0.271. The minimum atomic E-state index is -2.05. The number of benzene rings is 3. The van der Waals surface area contributed by atoms with Gasteiger partial charge in [0.2, 0.25) is 0 Å². The number of carbonyl (C=O) groups excluding carboxylic acids is 2. The lowest BCUT2D eigenvalue weighted by atomic mass is 10.1. The number of ether oxygens (including phenoxy) is 4. The molecule has 1 fully saturated rings. The highest BCUT2D eigenvalue weighted by Crippen LogP contribution is 2.34. The summed E-state index contributed by atoms with van der Waals surface area (Å²) >= 11 is 0. The normalized spacial score (nSPS) is 19.7. The Labute approximate surface area is 239 Å². The summed E-state index contributed by atoms with van der Waals surface area (Å²) in [7, 11) is 0. The molecule has 1 aliphatic heterocycles. The highest BCUT2D eigenvalue weighted by molar-refractivity contribution is 5.90. The predicted molar refractivity (Wildman–Crippen MR) is 147 cm³/mol. The molecule has 0 saturated carbocycles. The van der Waals surface area contributed by atoms with Gasteiger partial charge in [0, 0.05) is 12.3 Å². The van der Waals surface area contributed by atoms with Gasteiger partial charge in [-0.2, -0.15) is 0 Å². The van der Waals surface area contributed by atoms with Gasteiger partial charge >= 0.3 is 17.6 Å². The molecule has 3 aromatic carbocycles. The molecule has 0 N–H and O–H groups in total. The van der Waals surface area contributed by atoms with Gasteiger partial charge in [0.05, 0.1) is 17.7 Å². The summed E-state index contributed by atoms with van der Waals surface area (Å²) in [5, 5.41) is 0. The number of rotatable bonds is 10. The molecule has 5 rings (SSSR count). The lowest BCUT2D eigenvalue weighted by Gasteiger charge is -2.19. The Kier molecular flexibility index (Phi) is 9.00. The van der Waals surface area contributed by atoms with E-state index in [4.69, 9.17) is 18.9 Å². The van der Waals surface area contributed by atoms with Crippen LogP contribution in [0.25, 0.3) is 0 Å². The van der Waals surface area contributed by atoms with E-state index in [2.05, 4.69) is 0 Å². The van der Waals surface area contributed by atoms with E-state index in [9.17, 15) is 19.2 Å². The largest absolute Gasteiger partial charge is 0.459 e. The van der Waals surface area contributed by atoms with E-state index in [0.717, 1.165) is 27.0 Å². The van der Waals surface area contributed by atoms with Gasteiger partial charge in [-0.25, -0.2) is 23.3 Å². The number of nitrogens with zero attached hydrogens (tertiary/aromatic N) is 2. The Morgan fingerprint density at radius 3 is 2.05 bits per heavy atom. The number of alkyl halides is 1. The second-order valence-electron chi connectivity index (χ2n) is 9.44. The summed E-state index contributed by atoms with van der Waals surface area (Å²) in [6.07, 6.45) is -5.33. The van der Waals surface area contributed by atoms with Crippen molar-refractivity contribution in [1.29, 1.82) is 0 Å². The molecule has 10 nitrogen and oxygen atoms in total. The van der Waals surface area contributed by atoms with Crippen LogP contribution in [0.2, 0.25) is 0 Å². The smallest absolute Gasteiger partial charge is 0.338 e. The van der Waals surface area contributed by atoms with Crippen LogP contribution in [0.4, 0.5) is 4.39 Å². The molecule has 1 saturated heterocycles. The lowest BCUT2D eigenvalue weighted by molar-refractivity contribution is -0.0601. The van der Waals surface area contributed by atoms with E-state index < -0.39 is 54.4 Å². The standard InChI is InChI=1S/C31H27FN2O8/c32-26-27(42-30(37)23-14-8-3-9-15-23)24(19-40-29(36)22-12-6-2-7-13-22)41-28(26)33-17-16-25(35)34(31(33)38)20-39-18-21-10-4-1-5-11-21/h1-17,24,26-28H,18-20H2/t24-,26-,27-,28+/m1/s1. The van der Waals surface area contributed by atoms with Gasteiger partial charge in [0.1, 0.15) is 19.4 Å². The zero-order valence-electron chi connectivity index (χ0n) is 22.3.